The van der Waals surface area contributed by atoms with Crippen molar-refractivity contribution in [2.24, 2.45) is 7.05 Å². The minimum atomic E-state index is -4.41. The molecule has 1 aromatic heterocycles. The quantitative estimate of drug-likeness (QED) is 0.636. The van der Waals surface area contributed by atoms with Gasteiger partial charge < -0.3 is 0 Å². The Kier molecular flexibility index (Phi) is 3.83. The molecule has 1 aromatic carbocycles. The lowest BCUT2D eigenvalue weighted by Crippen LogP contribution is -2.11. The largest absolute Gasteiger partial charge is 0.433 e. The highest BCUT2D eigenvalue weighted by molar-refractivity contribution is 14.1. The number of benzene rings is 1. The number of alkyl halides is 3. The summed E-state index contributed by atoms with van der Waals surface area (Å²) >= 11 is 8.01. The Morgan fingerprint density at radius 2 is 1.89 bits per heavy atom. The lowest BCUT2D eigenvalue weighted by atomic mass is 10.1. The topological polar surface area (TPSA) is 17.8 Å². The fourth-order valence-corrected chi connectivity index (χ4v) is 2.81. The molecule has 102 valence electrons. The van der Waals surface area contributed by atoms with Crippen molar-refractivity contribution in [3.63, 3.8) is 0 Å². The second-order valence-electron chi connectivity index (χ2n) is 4.12. The molecule has 0 amide bonds. The van der Waals surface area contributed by atoms with Crippen LogP contribution in [0.5, 0.6) is 0 Å². The van der Waals surface area contributed by atoms with Crippen LogP contribution < -0.4 is 0 Å². The van der Waals surface area contributed by atoms with Crippen molar-refractivity contribution in [1.82, 2.24) is 9.78 Å². The number of rotatable bonds is 1. The Morgan fingerprint density at radius 1 is 1.26 bits per heavy atom. The van der Waals surface area contributed by atoms with Crippen molar-refractivity contribution in [2.75, 3.05) is 0 Å². The fourth-order valence-electron chi connectivity index (χ4n) is 1.72. The monoisotopic (exact) mass is 400 g/mol. The van der Waals surface area contributed by atoms with E-state index >= 15 is 0 Å². The molecule has 0 N–H and O–H groups in total. The van der Waals surface area contributed by atoms with E-state index < -0.39 is 11.9 Å². The summed E-state index contributed by atoms with van der Waals surface area (Å²) < 4.78 is 39.8. The molecule has 2 rings (SSSR count). The first-order valence-corrected chi connectivity index (χ1v) is 6.73. The summed E-state index contributed by atoms with van der Waals surface area (Å²) in [6.45, 7) is 1.80. The normalized spacial score (nSPS) is 11.9. The van der Waals surface area contributed by atoms with Crippen molar-refractivity contribution >= 4 is 34.2 Å². The molecule has 0 bridgehead atoms. The minimum Gasteiger partial charge on any atom is -0.263 e. The van der Waals surface area contributed by atoms with E-state index in [1.807, 2.05) is 22.6 Å². The molecule has 0 atom stereocenters. The highest BCUT2D eigenvalue weighted by Gasteiger charge is 2.35. The number of aryl methyl sites for hydroxylation is 2. The van der Waals surface area contributed by atoms with Gasteiger partial charge in [-0.25, -0.2) is 0 Å². The van der Waals surface area contributed by atoms with Crippen LogP contribution in [0.3, 0.4) is 0 Å². The molecule has 0 aliphatic carbocycles. The summed E-state index contributed by atoms with van der Waals surface area (Å²) in [6.07, 6.45) is -4.41. The Morgan fingerprint density at radius 3 is 2.42 bits per heavy atom. The Labute approximate surface area is 126 Å². The molecule has 0 saturated carbocycles. The van der Waals surface area contributed by atoms with Crippen molar-refractivity contribution in [1.29, 1.82) is 0 Å². The molecule has 2 aromatic rings. The molecule has 2 nitrogen and oxygen atoms in total. The van der Waals surface area contributed by atoms with Gasteiger partial charge in [-0.3, -0.25) is 4.68 Å². The Balaban J connectivity index is 2.58. The average Bonchev–Trinajstić information content (AvgIpc) is 2.65. The van der Waals surface area contributed by atoms with E-state index in [0.717, 1.165) is 19.9 Å². The van der Waals surface area contributed by atoms with Crippen molar-refractivity contribution in [3.8, 4) is 11.3 Å². The van der Waals surface area contributed by atoms with Gasteiger partial charge >= 0.3 is 6.18 Å². The fraction of sp³-hybridized carbons (Fsp3) is 0.250. The summed E-state index contributed by atoms with van der Waals surface area (Å²) in [5.74, 6) is 0. The molecule has 0 unspecified atom stereocenters. The number of hydrogen-bond donors (Lipinski definition) is 0. The molecular weight excluding hydrogens is 391 g/mol. The van der Waals surface area contributed by atoms with Gasteiger partial charge in [0, 0.05) is 21.2 Å². The van der Waals surface area contributed by atoms with Crippen LogP contribution in [0.4, 0.5) is 13.2 Å². The molecule has 7 heteroatoms. The zero-order valence-corrected chi connectivity index (χ0v) is 12.9. The van der Waals surface area contributed by atoms with Crippen molar-refractivity contribution < 1.29 is 13.2 Å². The van der Waals surface area contributed by atoms with Crippen LogP contribution in [0.2, 0.25) is 5.02 Å². The highest BCUT2D eigenvalue weighted by atomic mass is 127. The van der Waals surface area contributed by atoms with E-state index in [-0.39, 0.29) is 0 Å². The van der Waals surface area contributed by atoms with Crippen LogP contribution in [-0.2, 0) is 13.2 Å². The van der Waals surface area contributed by atoms with Gasteiger partial charge in [-0.2, -0.15) is 18.3 Å². The Bertz CT molecular complexity index is 635. The summed E-state index contributed by atoms with van der Waals surface area (Å²) in [5, 5.41) is 4.51. The zero-order chi connectivity index (χ0) is 14.4. The summed E-state index contributed by atoms with van der Waals surface area (Å²) in [4.78, 5) is 0. The van der Waals surface area contributed by atoms with E-state index in [2.05, 4.69) is 5.10 Å². The van der Waals surface area contributed by atoms with Gasteiger partial charge in [0.25, 0.3) is 0 Å². The van der Waals surface area contributed by atoms with Gasteiger partial charge in [0.2, 0.25) is 0 Å². The molecule has 0 aliphatic heterocycles. The minimum absolute atomic E-state index is 0.291. The van der Waals surface area contributed by atoms with Crippen LogP contribution in [-0.4, -0.2) is 9.78 Å². The van der Waals surface area contributed by atoms with Crippen LogP contribution in [0.1, 0.15) is 11.3 Å². The standard InChI is InChI=1S/C12H9ClF3IN2/c1-6-3-7(9(17)4-8(6)13)10-5-11(12(14,15)16)19(2)18-10/h3-5H,1-2H3. The summed E-state index contributed by atoms with van der Waals surface area (Å²) in [7, 11) is 1.28. The third kappa shape index (κ3) is 2.89. The molecular formula is C12H9ClF3IN2. The van der Waals surface area contributed by atoms with Gasteiger partial charge in [0.05, 0.1) is 5.69 Å². The van der Waals surface area contributed by atoms with Gasteiger partial charge in [-0.1, -0.05) is 11.6 Å². The van der Waals surface area contributed by atoms with Crippen LogP contribution in [0.25, 0.3) is 11.3 Å². The van der Waals surface area contributed by atoms with Crippen LogP contribution >= 0.6 is 34.2 Å². The Hall–Kier alpha value is -0.760. The van der Waals surface area contributed by atoms with E-state index in [1.54, 1.807) is 19.1 Å². The van der Waals surface area contributed by atoms with Crippen molar-refractivity contribution in [3.05, 3.63) is 38.0 Å². The first-order chi connectivity index (χ1) is 8.70. The molecule has 0 saturated heterocycles. The lowest BCUT2D eigenvalue weighted by Gasteiger charge is -2.05. The number of hydrogen-bond acceptors (Lipinski definition) is 1. The smallest absolute Gasteiger partial charge is 0.263 e. The third-order valence-corrected chi connectivity index (χ3v) is 3.99. The number of nitrogens with zero attached hydrogens (tertiary/aromatic N) is 2. The SMILES string of the molecule is Cc1cc(-c2cc(C(F)(F)F)n(C)n2)c(I)cc1Cl. The number of halogens is 5. The maximum absolute atomic E-state index is 12.7. The predicted molar refractivity (Wildman–Crippen MR) is 76.1 cm³/mol. The molecule has 19 heavy (non-hydrogen) atoms. The first kappa shape index (κ1) is 14.6. The average molecular weight is 401 g/mol. The van der Waals surface area contributed by atoms with Crippen LogP contribution in [0, 0.1) is 10.5 Å². The van der Waals surface area contributed by atoms with E-state index in [0.29, 0.717) is 16.3 Å². The number of aromatic nitrogens is 2. The molecule has 1 heterocycles. The van der Waals surface area contributed by atoms with E-state index in [1.165, 1.54) is 7.05 Å². The van der Waals surface area contributed by atoms with E-state index in [9.17, 15) is 13.2 Å². The maximum atomic E-state index is 12.7. The lowest BCUT2D eigenvalue weighted by molar-refractivity contribution is -0.143. The molecule has 0 fully saturated rings. The molecule has 0 aliphatic rings. The summed E-state index contributed by atoms with van der Waals surface area (Å²) in [6, 6.07) is 4.51. The zero-order valence-electron chi connectivity index (χ0n) is 10.0. The van der Waals surface area contributed by atoms with Crippen molar-refractivity contribution in [2.45, 2.75) is 13.1 Å². The molecule has 0 radical (unpaired) electrons. The van der Waals surface area contributed by atoms with Gasteiger partial charge in [0.1, 0.15) is 5.69 Å². The highest BCUT2D eigenvalue weighted by Crippen LogP contribution is 2.34. The second kappa shape index (κ2) is 4.97. The third-order valence-electron chi connectivity index (χ3n) is 2.69. The molecule has 0 spiro atoms. The van der Waals surface area contributed by atoms with Gasteiger partial charge in [-0.15, -0.1) is 0 Å². The summed E-state index contributed by atoms with van der Waals surface area (Å²) in [5.41, 5.74) is 0.967. The van der Waals surface area contributed by atoms with Gasteiger partial charge in [0.15, 0.2) is 0 Å². The maximum Gasteiger partial charge on any atom is 0.433 e. The second-order valence-corrected chi connectivity index (χ2v) is 5.69. The van der Waals surface area contributed by atoms with Crippen LogP contribution in [0.15, 0.2) is 18.2 Å². The first-order valence-electron chi connectivity index (χ1n) is 5.27. The predicted octanol–water partition coefficient (Wildman–Crippen LogP) is 4.67. The van der Waals surface area contributed by atoms with Gasteiger partial charge in [-0.05, 0) is 53.3 Å². The van der Waals surface area contributed by atoms with E-state index in [4.69, 9.17) is 11.6 Å².